The molecule has 1 fully saturated rings. The summed E-state index contributed by atoms with van der Waals surface area (Å²) < 4.78 is 19.0. The van der Waals surface area contributed by atoms with Gasteiger partial charge < -0.3 is 10.5 Å². The van der Waals surface area contributed by atoms with Gasteiger partial charge in [-0.05, 0) is 24.5 Å². The topological polar surface area (TPSA) is 35.2 Å². The number of hydrogen-bond donors (Lipinski definition) is 1. The van der Waals surface area contributed by atoms with Crippen molar-refractivity contribution in [1.82, 2.24) is 0 Å². The first-order valence-electron chi connectivity index (χ1n) is 5.49. The Morgan fingerprint density at radius 1 is 1.50 bits per heavy atom. The highest BCUT2D eigenvalue weighted by molar-refractivity contribution is 7.98. The Morgan fingerprint density at radius 2 is 2.38 bits per heavy atom. The largest absolute Gasteiger partial charge is 0.396 e. The molecule has 88 valence electrons. The van der Waals surface area contributed by atoms with Crippen molar-refractivity contribution in [2.24, 2.45) is 0 Å². The van der Waals surface area contributed by atoms with Crippen LogP contribution in [0.4, 0.5) is 10.1 Å². The molecule has 1 aromatic carbocycles. The Morgan fingerprint density at radius 3 is 3.12 bits per heavy atom. The zero-order valence-electron chi connectivity index (χ0n) is 9.12. The summed E-state index contributed by atoms with van der Waals surface area (Å²) in [6, 6.07) is 5.16. The van der Waals surface area contributed by atoms with E-state index in [0.29, 0.717) is 17.4 Å². The maximum absolute atomic E-state index is 13.5. The van der Waals surface area contributed by atoms with Crippen molar-refractivity contribution in [3.8, 4) is 0 Å². The normalized spacial score (nSPS) is 20.2. The van der Waals surface area contributed by atoms with Crippen molar-refractivity contribution < 1.29 is 9.13 Å². The molecule has 2 N–H and O–H groups in total. The molecule has 2 rings (SSSR count). The van der Waals surface area contributed by atoms with E-state index in [-0.39, 0.29) is 11.5 Å². The third-order valence-corrected chi connectivity index (χ3v) is 3.82. The van der Waals surface area contributed by atoms with Gasteiger partial charge in [0.05, 0.1) is 11.8 Å². The lowest BCUT2D eigenvalue weighted by atomic mass is 10.2. The molecule has 1 heterocycles. The van der Waals surface area contributed by atoms with Crippen LogP contribution in [0.2, 0.25) is 0 Å². The van der Waals surface area contributed by atoms with Crippen molar-refractivity contribution >= 4 is 17.4 Å². The Hall–Kier alpha value is -0.740. The van der Waals surface area contributed by atoms with Crippen molar-refractivity contribution in [3.05, 3.63) is 29.6 Å². The van der Waals surface area contributed by atoms with Gasteiger partial charge in [-0.25, -0.2) is 4.39 Å². The van der Waals surface area contributed by atoms with E-state index in [0.717, 1.165) is 25.2 Å². The SMILES string of the molecule is Nc1cccc(CSCC2CCCO2)c1F. The number of rotatable bonds is 4. The minimum atomic E-state index is -0.276. The predicted molar refractivity (Wildman–Crippen MR) is 65.9 cm³/mol. The molecule has 1 unspecified atom stereocenters. The number of thioether (sulfide) groups is 1. The summed E-state index contributed by atoms with van der Waals surface area (Å²) in [5.41, 5.74) is 6.42. The Bertz CT molecular complexity index is 353. The van der Waals surface area contributed by atoms with Gasteiger partial charge in [-0.2, -0.15) is 11.8 Å². The molecular formula is C12H16FNOS. The molecule has 1 atom stereocenters. The third kappa shape index (κ3) is 2.89. The lowest BCUT2D eigenvalue weighted by molar-refractivity contribution is 0.129. The number of halogens is 1. The van der Waals surface area contributed by atoms with Crippen molar-refractivity contribution in [3.63, 3.8) is 0 Å². The van der Waals surface area contributed by atoms with E-state index in [1.807, 2.05) is 0 Å². The summed E-state index contributed by atoms with van der Waals surface area (Å²) >= 11 is 1.71. The van der Waals surface area contributed by atoms with Gasteiger partial charge in [0, 0.05) is 18.1 Å². The molecule has 0 spiro atoms. The number of ether oxygens (including phenoxy) is 1. The molecule has 0 saturated carbocycles. The van der Waals surface area contributed by atoms with Crippen molar-refractivity contribution in [2.45, 2.75) is 24.7 Å². The summed E-state index contributed by atoms with van der Waals surface area (Å²) in [4.78, 5) is 0. The van der Waals surface area contributed by atoms with Gasteiger partial charge in [0.25, 0.3) is 0 Å². The fraction of sp³-hybridized carbons (Fsp3) is 0.500. The number of nitrogens with two attached hydrogens (primary N) is 1. The zero-order chi connectivity index (χ0) is 11.4. The third-order valence-electron chi connectivity index (χ3n) is 2.69. The second-order valence-electron chi connectivity index (χ2n) is 3.97. The van der Waals surface area contributed by atoms with Gasteiger partial charge in [-0.1, -0.05) is 12.1 Å². The number of benzene rings is 1. The fourth-order valence-corrected chi connectivity index (χ4v) is 2.87. The molecule has 0 aromatic heterocycles. The van der Waals surface area contributed by atoms with E-state index >= 15 is 0 Å². The molecular weight excluding hydrogens is 225 g/mol. The van der Waals surface area contributed by atoms with Crippen LogP contribution in [0.15, 0.2) is 18.2 Å². The molecule has 0 bridgehead atoms. The molecule has 0 radical (unpaired) electrons. The van der Waals surface area contributed by atoms with Crippen LogP contribution in [0.3, 0.4) is 0 Å². The first-order chi connectivity index (χ1) is 7.77. The molecule has 16 heavy (non-hydrogen) atoms. The highest BCUT2D eigenvalue weighted by Crippen LogP contribution is 2.23. The van der Waals surface area contributed by atoms with Gasteiger partial charge in [-0.15, -0.1) is 0 Å². The summed E-state index contributed by atoms with van der Waals surface area (Å²) in [7, 11) is 0. The van der Waals surface area contributed by atoms with Crippen LogP contribution in [0.25, 0.3) is 0 Å². The Kier molecular flexibility index (Phi) is 4.07. The average molecular weight is 241 g/mol. The van der Waals surface area contributed by atoms with Gasteiger partial charge in [-0.3, -0.25) is 0 Å². The Balaban J connectivity index is 1.82. The number of nitrogen functional groups attached to an aromatic ring is 1. The summed E-state index contributed by atoms with van der Waals surface area (Å²) in [5, 5.41) is 0. The Labute approximate surface area is 99.4 Å². The van der Waals surface area contributed by atoms with Gasteiger partial charge in [0.1, 0.15) is 5.82 Å². The molecule has 0 aliphatic carbocycles. The summed E-state index contributed by atoms with van der Waals surface area (Å²) in [6.07, 6.45) is 2.64. The standard InChI is InChI=1S/C12H16FNOS/c13-12-9(3-1-5-11(12)14)7-16-8-10-4-2-6-15-10/h1,3,5,10H,2,4,6-8,14H2. The quantitative estimate of drug-likeness (QED) is 0.823. The summed E-state index contributed by atoms with van der Waals surface area (Å²) in [5.74, 6) is 1.33. The van der Waals surface area contributed by atoms with E-state index in [1.54, 1.807) is 30.0 Å². The minimum Gasteiger partial charge on any atom is -0.396 e. The second kappa shape index (κ2) is 5.55. The van der Waals surface area contributed by atoms with Crippen molar-refractivity contribution in [2.75, 3.05) is 18.1 Å². The van der Waals surface area contributed by atoms with E-state index in [1.165, 1.54) is 0 Å². The number of hydrogen-bond acceptors (Lipinski definition) is 3. The molecule has 0 amide bonds. The van der Waals surface area contributed by atoms with E-state index in [4.69, 9.17) is 10.5 Å². The molecule has 1 saturated heterocycles. The van der Waals surface area contributed by atoms with Gasteiger partial charge in [0.15, 0.2) is 0 Å². The predicted octanol–water partition coefficient (Wildman–Crippen LogP) is 2.82. The van der Waals surface area contributed by atoms with Crippen LogP contribution >= 0.6 is 11.8 Å². The van der Waals surface area contributed by atoms with Crippen LogP contribution in [0, 0.1) is 5.82 Å². The van der Waals surface area contributed by atoms with Crippen molar-refractivity contribution in [1.29, 1.82) is 0 Å². The lowest BCUT2D eigenvalue weighted by Crippen LogP contribution is -2.08. The highest BCUT2D eigenvalue weighted by Gasteiger charge is 2.15. The van der Waals surface area contributed by atoms with Crippen LogP contribution in [0.1, 0.15) is 18.4 Å². The fourth-order valence-electron chi connectivity index (χ4n) is 1.79. The maximum Gasteiger partial charge on any atom is 0.150 e. The van der Waals surface area contributed by atoms with Gasteiger partial charge in [0.2, 0.25) is 0 Å². The van der Waals surface area contributed by atoms with Crippen LogP contribution in [-0.4, -0.2) is 18.5 Å². The first kappa shape index (κ1) is 11.7. The monoisotopic (exact) mass is 241 g/mol. The van der Waals surface area contributed by atoms with E-state index in [2.05, 4.69) is 0 Å². The van der Waals surface area contributed by atoms with E-state index < -0.39 is 0 Å². The van der Waals surface area contributed by atoms with Crippen LogP contribution in [0.5, 0.6) is 0 Å². The second-order valence-corrected chi connectivity index (χ2v) is 5.00. The molecule has 1 aliphatic rings. The molecule has 4 heteroatoms. The average Bonchev–Trinajstić information content (AvgIpc) is 2.77. The molecule has 2 nitrogen and oxygen atoms in total. The zero-order valence-corrected chi connectivity index (χ0v) is 9.93. The molecule has 1 aliphatic heterocycles. The smallest absolute Gasteiger partial charge is 0.150 e. The summed E-state index contributed by atoms with van der Waals surface area (Å²) in [6.45, 7) is 0.873. The van der Waals surface area contributed by atoms with Crippen LogP contribution in [-0.2, 0) is 10.5 Å². The first-order valence-corrected chi connectivity index (χ1v) is 6.65. The maximum atomic E-state index is 13.5. The van der Waals surface area contributed by atoms with Crippen LogP contribution < -0.4 is 5.73 Å². The molecule has 1 aromatic rings. The number of anilines is 1. The van der Waals surface area contributed by atoms with E-state index in [9.17, 15) is 4.39 Å². The minimum absolute atomic E-state index is 0.232. The lowest BCUT2D eigenvalue weighted by Gasteiger charge is -2.09. The highest BCUT2D eigenvalue weighted by atomic mass is 32.2. The van der Waals surface area contributed by atoms with Gasteiger partial charge >= 0.3 is 0 Å².